The highest BCUT2D eigenvalue weighted by atomic mass is 35.5. The second-order valence-corrected chi connectivity index (χ2v) is 4.09. The molecule has 0 bridgehead atoms. The third-order valence-corrected chi connectivity index (χ3v) is 2.59. The Labute approximate surface area is 110 Å². The number of aryl methyl sites for hydroxylation is 1. The lowest BCUT2D eigenvalue weighted by atomic mass is 10.2. The van der Waals surface area contributed by atoms with Gasteiger partial charge < -0.3 is 11.1 Å². The third-order valence-electron chi connectivity index (χ3n) is 2.25. The van der Waals surface area contributed by atoms with E-state index in [-0.39, 0.29) is 5.82 Å². The molecule has 0 fully saturated rings. The lowest BCUT2D eigenvalue weighted by Crippen LogP contribution is -2.22. The lowest BCUT2D eigenvalue weighted by molar-refractivity contribution is -0.403. The lowest BCUT2D eigenvalue weighted by Gasteiger charge is -2.05. The minimum Gasteiger partial charge on any atom is -0.380 e. The third kappa shape index (κ3) is 5.49. The van der Waals surface area contributed by atoms with Gasteiger partial charge in [0, 0.05) is 12.7 Å². The number of hydrogen-bond acceptors (Lipinski definition) is 5. The van der Waals surface area contributed by atoms with Gasteiger partial charge in [-0.1, -0.05) is 11.6 Å². The molecule has 1 aromatic heterocycles. The summed E-state index contributed by atoms with van der Waals surface area (Å²) in [6.07, 6.45) is 4.95. The van der Waals surface area contributed by atoms with E-state index in [4.69, 9.17) is 17.3 Å². The average molecular weight is 271 g/mol. The summed E-state index contributed by atoms with van der Waals surface area (Å²) in [7, 11) is 0. The van der Waals surface area contributed by atoms with Crippen LogP contribution in [0.15, 0.2) is 30.4 Å². The van der Waals surface area contributed by atoms with Gasteiger partial charge in [-0.3, -0.25) is 15.1 Å². The largest absolute Gasteiger partial charge is 0.380 e. The van der Waals surface area contributed by atoms with Gasteiger partial charge in [0.25, 0.3) is 6.20 Å². The fourth-order valence-corrected chi connectivity index (χ4v) is 1.63. The fraction of sp³-hybridized carbons (Fsp3) is 0.364. The van der Waals surface area contributed by atoms with Crippen molar-refractivity contribution in [3.63, 3.8) is 0 Å². The van der Waals surface area contributed by atoms with Crippen molar-refractivity contribution in [1.29, 1.82) is 0 Å². The number of nitrogens with one attached hydrogen (secondary N) is 1. The standard InChI is InChI=1S/C11H15ClN4O2/c12-9-4-3-7-14-10(9)5-1-2-6-15-11(13)8-16(17)18/h3-4,7-8,15H,1-2,5-6,13H2/b11-8-. The first-order valence-electron chi connectivity index (χ1n) is 5.53. The predicted octanol–water partition coefficient (Wildman–Crippen LogP) is 1.68. The van der Waals surface area contributed by atoms with Crippen LogP contribution in [0.4, 0.5) is 0 Å². The number of unbranched alkanes of at least 4 members (excludes halogenated alkanes) is 1. The van der Waals surface area contributed by atoms with Crippen molar-refractivity contribution in [3.8, 4) is 0 Å². The van der Waals surface area contributed by atoms with Crippen molar-refractivity contribution in [3.05, 3.63) is 51.2 Å². The quantitative estimate of drug-likeness (QED) is 0.447. The second kappa shape index (κ2) is 7.50. The van der Waals surface area contributed by atoms with E-state index in [2.05, 4.69) is 10.3 Å². The van der Waals surface area contributed by atoms with E-state index in [1.165, 1.54) is 0 Å². The number of hydrogen-bond donors (Lipinski definition) is 2. The highest BCUT2D eigenvalue weighted by Crippen LogP contribution is 2.14. The average Bonchev–Trinajstić information content (AvgIpc) is 2.30. The maximum atomic E-state index is 10.1. The van der Waals surface area contributed by atoms with Crippen LogP contribution in [0.2, 0.25) is 5.02 Å². The Kier molecular flexibility index (Phi) is 5.93. The predicted molar refractivity (Wildman–Crippen MR) is 69.5 cm³/mol. The number of rotatable bonds is 7. The molecule has 0 aliphatic heterocycles. The molecule has 7 heteroatoms. The Morgan fingerprint density at radius 3 is 3.06 bits per heavy atom. The normalized spacial score (nSPS) is 11.3. The van der Waals surface area contributed by atoms with Crippen molar-refractivity contribution in [2.24, 2.45) is 5.73 Å². The highest BCUT2D eigenvalue weighted by Gasteiger charge is 2.00. The fourth-order valence-electron chi connectivity index (χ4n) is 1.41. The molecular weight excluding hydrogens is 256 g/mol. The summed E-state index contributed by atoms with van der Waals surface area (Å²) in [6, 6.07) is 3.59. The van der Waals surface area contributed by atoms with Crippen LogP contribution in [0.5, 0.6) is 0 Å². The van der Waals surface area contributed by atoms with Crippen LogP contribution in [0.1, 0.15) is 18.5 Å². The Balaban J connectivity index is 2.20. The molecule has 0 aromatic carbocycles. The van der Waals surface area contributed by atoms with E-state index in [1.54, 1.807) is 18.3 Å². The molecule has 0 amide bonds. The van der Waals surface area contributed by atoms with Gasteiger partial charge in [0.15, 0.2) is 5.82 Å². The monoisotopic (exact) mass is 270 g/mol. The SMILES string of the molecule is N/C(=C/[N+](=O)[O-])NCCCCc1ncccc1Cl. The summed E-state index contributed by atoms with van der Waals surface area (Å²) < 4.78 is 0. The van der Waals surface area contributed by atoms with E-state index in [0.717, 1.165) is 31.2 Å². The van der Waals surface area contributed by atoms with Gasteiger partial charge in [-0.25, -0.2) is 0 Å². The molecule has 1 heterocycles. The molecule has 6 nitrogen and oxygen atoms in total. The van der Waals surface area contributed by atoms with E-state index < -0.39 is 4.92 Å². The van der Waals surface area contributed by atoms with Crippen molar-refractivity contribution in [2.45, 2.75) is 19.3 Å². The number of aromatic nitrogens is 1. The van der Waals surface area contributed by atoms with Crippen molar-refractivity contribution in [2.75, 3.05) is 6.54 Å². The molecule has 3 N–H and O–H groups in total. The number of nitro groups is 1. The molecule has 0 spiro atoms. The van der Waals surface area contributed by atoms with Crippen molar-refractivity contribution in [1.82, 2.24) is 10.3 Å². The number of halogens is 1. The highest BCUT2D eigenvalue weighted by molar-refractivity contribution is 6.31. The smallest absolute Gasteiger partial charge is 0.273 e. The minimum atomic E-state index is -0.587. The van der Waals surface area contributed by atoms with Gasteiger partial charge in [0.1, 0.15) is 0 Å². The molecule has 98 valence electrons. The van der Waals surface area contributed by atoms with Gasteiger partial charge in [0.2, 0.25) is 0 Å². The van der Waals surface area contributed by atoms with Gasteiger partial charge >= 0.3 is 0 Å². The zero-order chi connectivity index (χ0) is 13.4. The topological polar surface area (TPSA) is 94.1 Å². The van der Waals surface area contributed by atoms with E-state index >= 15 is 0 Å². The molecule has 0 unspecified atom stereocenters. The molecule has 0 atom stereocenters. The van der Waals surface area contributed by atoms with Crippen LogP contribution in [-0.4, -0.2) is 16.5 Å². The number of pyridine rings is 1. The molecule has 0 aliphatic carbocycles. The van der Waals surface area contributed by atoms with Crippen molar-refractivity contribution >= 4 is 11.6 Å². The second-order valence-electron chi connectivity index (χ2n) is 3.69. The molecule has 0 radical (unpaired) electrons. The van der Waals surface area contributed by atoms with Crippen LogP contribution < -0.4 is 11.1 Å². The minimum absolute atomic E-state index is 0.0656. The Bertz CT molecular complexity index is 437. The van der Waals surface area contributed by atoms with E-state index in [9.17, 15) is 10.1 Å². The molecule has 1 rings (SSSR count). The van der Waals surface area contributed by atoms with E-state index in [0.29, 0.717) is 11.6 Å². The first-order chi connectivity index (χ1) is 8.59. The van der Waals surface area contributed by atoms with Crippen LogP contribution in [0.3, 0.4) is 0 Å². The van der Waals surface area contributed by atoms with Gasteiger partial charge in [0.05, 0.1) is 15.6 Å². The molecule has 0 aliphatic rings. The van der Waals surface area contributed by atoms with Crippen LogP contribution in [0.25, 0.3) is 0 Å². The summed E-state index contributed by atoms with van der Waals surface area (Å²) in [5, 5.41) is 13.5. The van der Waals surface area contributed by atoms with Gasteiger partial charge in [-0.05, 0) is 31.4 Å². The molecule has 18 heavy (non-hydrogen) atoms. The molecular formula is C11H15ClN4O2. The maximum Gasteiger partial charge on any atom is 0.273 e. The summed E-state index contributed by atoms with van der Waals surface area (Å²) in [4.78, 5) is 13.7. The Hall–Kier alpha value is -1.82. The zero-order valence-corrected chi connectivity index (χ0v) is 10.6. The van der Waals surface area contributed by atoms with E-state index in [1.807, 2.05) is 0 Å². The molecule has 1 aromatic rings. The molecule has 0 saturated heterocycles. The van der Waals surface area contributed by atoms with Crippen molar-refractivity contribution < 1.29 is 4.92 Å². The summed E-state index contributed by atoms with van der Waals surface area (Å²) in [5.41, 5.74) is 6.24. The van der Waals surface area contributed by atoms with Crippen LogP contribution in [-0.2, 0) is 6.42 Å². The maximum absolute atomic E-state index is 10.1. The Morgan fingerprint density at radius 2 is 2.39 bits per heavy atom. The summed E-state index contributed by atoms with van der Waals surface area (Å²) in [6.45, 7) is 0.584. The first kappa shape index (κ1) is 14.2. The first-order valence-corrected chi connectivity index (χ1v) is 5.91. The van der Waals surface area contributed by atoms with Crippen LogP contribution in [0, 0.1) is 10.1 Å². The summed E-state index contributed by atoms with van der Waals surface area (Å²) >= 11 is 5.96. The van der Waals surface area contributed by atoms with Crippen LogP contribution >= 0.6 is 11.6 Å². The summed E-state index contributed by atoms with van der Waals surface area (Å²) in [5.74, 6) is 0.0656. The zero-order valence-electron chi connectivity index (χ0n) is 9.80. The Morgan fingerprint density at radius 1 is 1.61 bits per heavy atom. The number of nitrogens with two attached hydrogens (primary N) is 1. The van der Waals surface area contributed by atoms with Gasteiger partial charge in [-0.15, -0.1) is 0 Å². The van der Waals surface area contributed by atoms with Gasteiger partial charge in [-0.2, -0.15) is 0 Å². The number of nitrogens with zero attached hydrogens (tertiary/aromatic N) is 2. The molecule has 0 saturated carbocycles.